The predicted octanol–water partition coefficient (Wildman–Crippen LogP) is 2.91. The fraction of sp³-hybridized carbons (Fsp3) is 0.647. The smallest absolute Gasteiger partial charge is 0.223 e. The van der Waals surface area contributed by atoms with E-state index in [1.165, 1.54) is 0 Å². The van der Waals surface area contributed by atoms with Crippen LogP contribution >= 0.6 is 11.3 Å². The van der Waals surface area contributed by atoms with Gasteiger partial charge in [0.05, 0.1) is 0 Å². The van der Waals surface area contributed by atoms with Crippen molar-refractivity contribution in [2.24, 2.45) is 11.7 Å². The first-order chi connectivity index (χ1) is 10.4. The second-order valence-electron chi connectivity index (χ2n) is 6.33. The maximum absolute atomic E-state index is 12.2. The molecule has 1 saturated heterocycles. The number of hydrogen-bond acceptors (Lipinski definition) is 4. The quantitative estimate of drug-likeness (QED) is 0.848. The zero-order valence-electron chi connectivity index (χ0n) is 13.7. The fourth-order valence-corrected chi connectivity index (χ4v) is 4.04. The first kappa shape index (κ1) is 17.2. The first-order valence-corrected chi connectivity index (χ1v) is 8.83. The van der Waals surface area contributed by atoms with Crippen molar-refractivity contribution >= 4 is 23.0 Å². The Bertz CT molecular complexity index is 543. The van der Waals surface area contributed by atoms with Gasteiger partial charge in [0.2, 0.25) is 5.91 Å². The monoisotopic (exact) mass is 322 g/mol. The van der Waals surface area contributed by atoms with E-state index < -0.39 is 0 Å². The number of Topliss-reactive ketones (excluding diaryl/α,β-unsaturated/α-hetero) is 1. The molecular weight excluding hydrogens is 296 g/mol. The normalized spacial score (nSPS) is 17.5. The van der Waals surface area contributed by atoms with Gasteiger partial charge in [-0.3, -0.25) is 9.59 Å². The van der Waals surface area contributed by atoms with Crippen LogP contribution in [0.5, 0.6) is 0 Å². The summed E-state index contributed by atoms with van der Waals surface area (Å²) < 4.78 is 0. The maximum atomic E-state index is 12.2. The van der Waals surface area contributed by atoms with Crippen molar-refractivity contribution in [3.05, 3.63) is 21.4 Å². The molecule has 1 amide bonds. The highest BCUT2D eigenvalue weighted by molar-refractivity contribution is 7.12. The van der Waals surface area contributed by atoms with E-state index in [1.807, 2.05) is 31.7 Å². The van der Waals surface area contributed by atoms with Crippen LogP contribution in [0.3, 0.4) is 0 Å². The summed E-state index contributed by atoms with van der Waals surface area (Å²) in [5.41, 5.74) is 6.70. The lowest BCUT2D eigenvalue weighted by Gasteiger charge is -2.33. The molecule has 0 aliphatic carbocycles. The van der Waals surface area contributed by atoms with Crippen LogP contribution in [0.15, 0.2) is 6.07 Å². The maximum Gasteiger partial charge on any atom is 0.223 e. The van der Waals surface area contributed by atoms with E-state index in [1.54, 1.807) is 11.3 Å². The highest BCUT2D eigenvalue weighted by Crippen LogP contribution is 2.23. The lowest BCUT2D eigenvalue weighted by molar-refractivity contribution is -0.132. The Morgan fingerprint density at radius 3 is 2.45 bits per heavy atom. The topological polar surface area (TPSA) is 63.4 Å². The summed E-state index contributed by atoms with van der Waals surface area (Å²) >= 11 is 1.63. The van der Waals surface area contributed by atoms with Crippen LogP contribution in [-0.4, -0.2) is 35.7 Å². The molecule has 1 aromatic heterocycles. The van der Waals surface area contributed by atoms with E-state index in [4.69, 9.17) is 5.73 Å². The van der Waals surface area contributed by atoms with E-state index in [0.717, 1.165) is 41.2 Å². The van der Waals surface area contributed by atoms with Crippen LogP contribution in [-0.2, 0) is 4.79 Å². The van der Waals surface area contributed by atoms with Gasteiger partial charge in [0.1, 0.15) is 0 Å². The van der Waals surface area contributed by atoms with Gasteiger partial charge in [0, 0.05) is 47.3 Å². The minimum absolute atomic E-state index is 0.0840. The molecule has 0 bridgehead atoms. The average molecular weight is 322 g/mol. The van der Waals surface area contributed by atoms with Crippen molar-refractivity contribution in [2.75, 3.05) is 13.1 Å². The number of rotatable bonds is 5. The number of hydrogen-bond donors (Lipinski definition) is 1. The number of aryl methyl sites for hydroxylation is 2. The van der Waals surface area contributed by atoms with E-state index in [-0.39, 0.29) is 17.7 Å². The molecule has 22 heavy (non-hydrogen) atoms. The zero-order valence-corrected chi connectivity index (χ0v) is 14.5. The van der Waals surface area contributed by atoms with Crippen LogP contribution in [0.4, 0.5) is 0 Å². The van der Waals surface area contributed by atoms with Crippen LogP contribution < -0.4 is 5.73 Å². The summed E-state index contributed by atoms with van der Waals surface area (Å²) in [7, 11) is 0. The average Bonchev–Trinajstić information content (AvgIpc) is 2.83. The molecule has 0 radical (unpaired) electrons. The Kier molecular flexibility index (Phi) is 5.75. The summed E-state index contributed by atoms with van der Waals surface area (Å²) in [5.74, 6) is 0.698. The van der Waals surface area contributed by atoms with Gasteiger partial charge in [-0.1, -0.05) is 0 Å². The van der Waals surface area contributed by atoms with Gasteiger partial charge < -0.3 is 10.6 Å². The molecule has 1 fully saturated rings. The van der Waals surface area contributed by atoms with Crippen LogP contribution in [0, 0.1) is 19.8 Å². The van der Waals surface area contributed by atoms with Crippen molar-refractivity contribution < 1.29 is 9.59 Å². The van der Waals surface area contributed by atoms with Gasteiger partial charge in [-0.15, -0.1) is 11.3 Å². The Morgan fingerprint density at radius 1 is 1.32 bits per heavy atom. The number of carbonyl (C=O) groups is 2. The first-order valence-electron chi connectivity index (χ1n) is 8.02. The van der Waals surface area contributed by atoms with Gasteiger partial charge in [-0.05, 0) is 45.6 Å². The van der Waals surface area contributed by atoms with E-state index in [9.17, 15) is 9.59 Å². The van der Waals surface area contributed by atoms with E-state index in [2.05, 4.69) is 0 Å². The zero-order chi connectivity index (χ0) is 16.3. The standard InChI is InChI=1S/C17H26N2O2S/c1-11-10-15(13(3)22-11)16(20)4-5-17(21)19-8-6-14(7-9-19)12(2)18/h10,12,14H,4-9,18H2,1-3H3. The van der Waals surface area contributed by atoms with Gasteiger partial charge in [-0.2, -0.15) is 0 Å². The molecule has 5 heteroatoms. The van der Waals surface area contributed by atoms with Crippen molar-refractivity contribution in [2.45, 2.75) is 52.5 Å². The molecular formula is C17H26N2O2S. The molecule has 1 aliphatic heterocycles. The minimum atomic E-state index is 0.0840. The molecule has 2 N–H and O–H groups in total. The van der Waals surface area contributed by atoms with Crippen LogP contribution in [0.25, 0.3) is 0 Å². The van der Waals surface area contributed by atoms with Crippen LogP contribution in [0.2, 0.25) is 0 Å². The largest absolute Gasteiger partial charge is 0.343 e. The Morgan fingerprint density at radius 2 is 1.95 bits per heavy atom. The molecule has 2 rings (SSSR count). The Labute approximate surface area is 136 Å². The van der Waals surface area contributed by atoms with Crippen molar-refractivity contribution in [1.82, 2.24) is 4.90 Å². The molecule has 2 heterocycles. The number of thiophene rings is 1. The second-order valence-corrected chi connectivity index (χ2v) is 7.79. The van der Waals surface area contributed by atoms with Crippen molar-refractivity contribution in [3.8, 4) is 0 Å². The molecule has 0 aromatic carbocycles. The fourth-order valence-electron chi connectivity index (χ4n) is 3.10. The predicted molar refractivity (Wildman–Crippen MR) is 90.3 cm³/mol. The summed E-state index contributed by atoms with van der Waals surface area (Å²) in [4.78, 5) is 28.6. The Hall–Kier alpha value is -1.20. The second kappa shape index (κ2) is 7.38. The van der Waals surface area contributed by atoms with E-state index >= 15 is 0 Å². The Balaban J connectivity index is 1.81. The summed E-state index contributed by atoms with van der Waals surface area (Å²) in [6, 6.07) is 2.13. The number of amides is 1. The highest BCUT2D eigenvalue weighted by atomic mass is 32.1. The van der Waals surface area contributed by atoms with Gasteiger partial charge in [0.15, 0.2) is 5.78 Å². The lowest BCUT2D eigenvalue weighted by atomic mass is 9.91. The van der Waals surface area contributed by atoms with Gasteiger partial charge in [0.25, 0.3) is 0 Å². The SMILES string of the molecule is Cc1cc(C(=O)CCC(=O)N2CCC(C(C)N)CC2)c(C)s1. The van der Waals surface area contributed by atoms with Crippen molar-refractivity contribution in [3.63, 3.8) is 0 Å². The molecule has 1 atom stereocenters. The molecule has 0 saturated carbocycles. The number of ketones is 1. The molecule has 1 aromatic rings. The number of carbonyl (C=O) groups excluding carboxylic acids is 2. The third kappa shape index (κ3) is 4.17. The minimum Gasteiger partial charge on any atom is -0.343 e. The summed E-state index contributed by atoms with van der Waals surface area (Å²) in [6.07, 6.45) is 2.57. The van der Waals surface area contributed by atoms with Crippen molar-refractivity contribution in [1.29, 1.82) is 0 Å². The molecule has 122 valence electrons. The highest BCUT2D eigenvalue weighted by Gasteiger charge is 2.25. The number of piperidine rings is 1. The summed E-state index contributed by atoms with van der Waals surface area (Å²) in [6.45, 7) is 7.55. The van der Waals surface area contributed by atoms with E-state index in [0.29, 0.717) is 18.8 Å². The third-order valence-electron chi connectivity index (χ3n) is 4.54. The summed E-state index contributed by atoms with van der Waals surface area (Å²) in [5, 5.41) is 0. The molecule has 1 aliphatic rings. The molecule has 4 nitrogen and oxygen atoms in total. The molecule has 1 unspecified atom stereocenters. The van der Waals surface area contributed by atoms with Gasteiger partial charge in [-0.25, -0.2) is 0 Å². The third-order valence-corrected chi connectivity index (χ3v) is 5.51. The molecule has 0 spiro atoms. The lowest BCUT2D eigenvalue weighted by Crippen LogP contribution is -2.42. The number of nitrogens with two attached hydrogens (primary N) is 1. The number of likely N-dealkylation sites (tertiary alicyclic amines) is 1. The van der Waals surface area contributed by atoms with Crippen LogP contribution in [0.1, 0.15) is 52.7 Å². The number of nitrogens with zero attached hydrogens (tertiary/aromatic N) is 1. The van der Waals surface area contributed by atoms with Gasteiger partial charge >= 0.3 is 0 Å².